The molecular weight excluding hydrogens is 362 g/mol. The highest BCUT2D eigenvalue weighted by Crippen LogP contribution is 2.46. The molecule has 3 N–H and O–H groups in total. The molecule has 1 atom stereocenters. The predicted octanol–water partition coefficient (Wildman–Crippen LogP) is 4.98. The summed E-state index contributed by atoms with van der Waals surface area (Å²) in [6, 6.07) is 1.75. The first-order chi connectivity index (χ1) is 9.42. The number of carboxylic acid groups (broad SMARTS) is 1. The first-order valence-corrected chi connectivity index (χ1v) is 8.83. The van der Waals surface area contributed by atoms with Crippen LogP contribution in [0, 0.1) is 5.41 Å². The lowest BCUT2D eigenvalue weighted by molar-refractivity contribution is -0.140. The van der Waals surface area contributed by atoms with Crippen molar-refractivity contribution in [2.45, 2.75) is 51.0 Å². The lowest BCUT2D eigenvalue weighted by atomic mass is 9.68. The van der Waals surface area contributed by atoms with Gasteiger partial charge >= 0.3 is 5.97 Å². The molecule has 1 aromatic heterocycles. The van der Waals surface area contributed by atoms with Crippen LogP contribution in [-0.4, -0.2) is 11.1 Å². The average molecular weight is 381 g/mol. The lowest BCUT2D eigenvalue weighted by Crippen LogP contribution is -2.31. The van der Waals surface area contributed by atoms with Gasteiger partial charge < -0.3 is 10.8 Å². The van der Waals surface area contributed by atoms with Gasteiger partial charge in [-0.05, 0) is 46.7 Å². The van der Waals surface area contributed by atoms with Gasteiger partial charge in [0.15, 0.2) is 0 Å². The van der Waals surface area contributed by atoms with E-state index >= 15 is 0 Å². The molecule has 1 heterocycles. The van der Waals surface area contributed by atoms with Crippen molar-refractivity contribution < 1.29 is 9.90 Å². The number of aliphatic carboxylic acids is 1. The van der Waals surface area contributed by atoms with Crippen molar-refractivity contribution in [2.24, 2.45) is 11.1 Å². The van der Waals surface area contributed by atoms with Gasteiger partial charge in [0, 0.05) is 10.9 Å². The summed E-state index contributed by atoms with van der Waals surface area (Å²) in [4.78, 5) is 12.2. The van der Waals surface area contributed by atoms with Crippen LogP contribution < -0.4 is 5.73 Å². The van der Waals surface area contributed by atoms with E-state index < -0.39 is 5.97 Å². The second kappa shape index (κ2) is 6.77. The van der Waals surface area contributed by atoms with Gasteiger partial charge in [-0.2, -0.15) is 0 Å². The van der Waals surface area contributed by atoms with Crippen LogP contribution in [0.4, 0.5) is 0 Å². The fourth-order valence-electron chi connectivity index (χ4n) is 3.19. The Hall–Kier alpha value is -0.100. The first kappa shape index (κ1) is 16.3. The monoisotopic (exact) mass is 379 g/mol. The maximum absolute atomic E-state index is 11.2. The Morgan fingerprint density at radius 3 is 2.65 bits per heavy atom. The number of rotatable bonds is 5. The maximum atomic E-state index is 11.2. The van der Waals surface area contributed by atoms with E-state index in [4.69, 9.17) is 17.3 Å². The minimum atomic E-state index is -0.718. The molecule has 1 unspecified atom stereocenters. The Balaban J connectivity index is 2.12. The van der Waals surface area contributed by atoms with Crippen molar-refractivity contribution in [1.82, 2.24) is 0 Å². The number of thiophene rings is 1. The summed E-state index contributed by atoms with van der Waals surface area (Å²) >= 11 is 11.0. The molecule has 1 aliphatic carbocycles. The summed E-state index contributed by atoms with van der Waals surface area (Å²) in [5, 5.41) is 9.87. The lowest BCUT2D eigenvalue weighted by Gasteiger charge is -2.38. The number of carbonyl (C=O) groups is 1. The molecule has 0 radical (unpaired) electrons. The summed E-state index contributed by atoms with van der Waals surface area (Å²) < 4.78 is 0.889. The minimum absolute atomic E-state index is 0.138. The van der Waals surface area contributed by atoms with E-state index in [9.17, 15) is 9.90 Å². The Morgan fingerprint density at radius 2 is 2.15 bits per heavy atom. The van der Waals surface area contributed by atoms with Crippen LogP contribution in [0.1, 0.15) is 55.9 Å². The Kier molecular flexibility index (Phi) is 5.51. The molecule has 6 heteroatoms. The topological polar surface area (TPSA) is 63.3 Å². The van der Waals surface area contributed by atoms with Gasteiger partial charge in [-0.15, -0.1) is 11.3 Å². The molecule has 3 nitrogen and oxygen atoms in total. The molecule has 0 aromatic carbocycles. The summed E-state index contributed by atoms with van der Waals surface area (Å²) in [6.07, 6.45) is 6.29. The van der Waals surface area contributed by atoms with E-state index in [0.717, 1.165) is 40.8 Å². The normalized spacial score (nSPS) is 19.8. The van der Waals surface area contributed by atoms with E-state index in [-0.39, 0.29) is 17.9 Å². The van der Waals surface area contributed by atoms with E-state index in [1.165, 1.54) is 6.42 Å². The quantitative estimate of drug-likeness (QED) is 0.757. The molecule has 0 bridgehead atoms. The highest BCUT2D eigenvalue weighted by atomic mass is 79.9. The van der Waals surface area contributed by atoms with Crippen molar-refractivity contribution in [3.63, 3.8) is 0 Å². The average Bonchev–Trinajstić information content (AvgIpc) is 2.69. The van der Waals surface area contributed by atoms with Crippen LogP contribution in [0.2, 0.25) is 5.02 Å². The highest BCUT2D eigenvalue weighted by molar-refractivity contribution is 9.11. The van der Waals surface area contributed by atoms with Crippen LogP contribution in [0.25, 0.3) is 0 Å². The molecule has 1 aliphatic rings. The van der Waals surface area contributed by atoms with Crippen LogP contribution in [-0.2, 0) is 4.79 Å². The zero-order chi connectivity index (χ0) is 14.8. The minimum Gasteiger partial charge on any atom is -0.481 e. The number of hydrogen-bond acceptors (Lipinski definition) is 3. The second-order valence-corrected chi connectivity index (χ2v) is 8.52. The summed E-state index contributed by atoms with van der Waals surface area (Å²) in [5.41, 5.74) is 6.16. The zero-order valence-corrected chi connectivity index (χ0v) is 14.4. The molecule has 0 spiro atoms. The van der Waals surface area contributed by atoms with Crippen molar-refractivity contribution in [1.29, 1.82) is 0 Å². The predicted molar refractivity (Wildman–Crippen MR) is 86.3 cm³/mol. The van der Waals surface area contributed by atoms with Gasteiger partial charge in [-0.3, -0.25) is 4.79 Å². The number of carboxylic acids is 1. The van der Waals surface area contributed by atoms with E-state index in [1.54, 1.807) is 11.3 Å². The summed E-state index contributed by atoms with van der Waals surface area (Å²) in [5.74, 6) is -0.718. The fraction of sp³-hybridized carbons (Fsp3) is 0.643. The molecule has 2 rings (SSSR count). The van der Waals surface area contributed by atoms with E-state index in [2.05, 4.69) is 15.9 Å². The third-order valence-electron chi connectivity index (χ3n) is 4.12. The Bertz CT molecular complexity index is 466. The number of nitrogens with two attached hydrogens (primary N) is 1. The SMILES string of the molecule is NC(CC1(CC(=O)O)CCCCC1)c1cc(Cl)c(Br)s1. The molecule has 0 aliphatic heterocycles. The first-order valence-electron chi connectivity index (χ1n) is 6.84. The standard InChI is InChI=1S/C14H19BrClNO2S/c15-13-9(16)6-11(20-13)10(17)7-14(8-12(18)19)4-2-1-3-5-14/h6,10H,1-5,7-8,17H2,(H,18,19). The third-order valence-corrected chi connectivity index (χ3v) is 6.73. The van der Waals surface area contributed by atoms with Gasteiger partial charge in [0.2, 0.25) is 0 Å². The van der Waals surface area contributed by atoms with Gasteiger partial charge in [0.1, 0.15) is 0 Å². The molecule has 1 saturated carbocycles. The van der Waals surface area contributed by atoms with Crippen LogP contribution in [0.5, 0.6) is 0 Å². The smallest absolute Gasteiger partial charge is 0.303 e. The van der Waals surface area contributed by atoms with Crippen LogP contribution in [0.3, 0.4) is 0 Å². The largest absolute Gasteiger partial charge is 0.481 e. The molecule has 0 saturated heterocycles. The molecule has 1 fully saturated rings. The van der Waals surface area contributed by atoms with E-state index in [0.29, 0.717) is 5.02 Å². The Morgan fingerprint density at radius 1 is 1.50 bits per heavy atom. The van der Waals surface area contributed by atoms with E-state index in [1.807, 2.05) is 6.07 Å². The molecule has 0 amide bonds. The molecular formula is C14H19BrClNO2S. The maximum Gasteiger partial charge on any atom is 0.303 e. The number of hydrogen-bond donors (Lipinski definition) is 2. The molecule has 112 valence electrons. The second-order valence-electron chi connectivity index (χ2n) is 5.71. The fourth-order valence-corrected chi connectivity index (χ4v) is 4.94. The van der Waals surface area contributed by atoms with Crippen molar-refractivity contribution >= 4 is 44.8 Å². The van der Waals surface area contributed by atoms with Gasteiger partial charge in [-0.1, -0.05) is 30.9 Å². The molecule has 20 heavy (non-hydrogen) atoms. The number of halogens is 2. The third kappa shape index (κ3) is 3.97. The van der Waals surface area contributed by atoms with Gasteiger partial charge in [0.05, 0.1) is 15.2 Å². The van der Waals surface area contributed by atoms with Gasteiger partial charge in [0.25, 0.3) is 0 Å². The summed E-state index contributed by atoms with van der Waals surface area (Å²) in [6.45, 7) is 0. The molecule has 1 aromatic rings. The Labute approximate surface area is 136 Å². The summed E-state index contributed by atoms with van der Waals surface area (Å²) in [7, 11) is 0. The van der Waals surface area contributed by atoms with Crippen molar-refractivity contribution in [3.05, 3.63) is 19.8 Å². The van der Waals surface area contributed by atoms with Crippen LogP contribution in [0.15, 0.2) is 9.85 Å². The van der Waals surface area contributed by atoms with Crippen LogP contribution >= 0.6 is 38.9 Å². The van der Waals surface area contributed by atoms with Gasteiger partial charge in [-0.25, -0.2) is 0 Å². The zero-order valence-electron chi connectivity index (χ0n) is 11.2. The van der Waals surface area contributed by atoms with Crippen molar-refractivity contribution in [3.8, 4) is 0 Å². The highest BCUT2D eigenvalue weighted by Gasteiger charge is 2.36. The van der Waals surface area contributed by atoms with Crippen molar-refractivity contribution in [2.75, 3.05) is 0 Å².